The SMILES string of the molecule is CC(C)(C)OCCC(O)C=O. The van der Waals surface area contributed by atoms with Crippen molar-refractivity contribution in [2.45, 2.75) is 38.9 Å². The third-order valence-electron chi connectivity index (χ3n) is 1.11. The molecule has 0 amide bonds. The summed E-state index contributed by atoms with van der Waals surface area (Å²) < 4.78 is 5.28. The minimum Gasteiger partial charge on any atom is -0.386 e. The van der Waals surface area contributed by atoms with Crippen molar-refractivity contribution >= 4 is 6.29 Å². The molecule has 1 N–H and O–H groups in total. The van der Waals surface area contributed by atoms with Crippen LogP contribution in [0.15, 0.2) is 0 Å². The molecule has 0 aliphatic carbocycles. The zero-order valence-electron chi connectivity index (χ0n) is 7.33. The quantitative estimate of drug-likeness (QED) is 0.617. The van der Waals surface area contributed by atoms with Crippen LogP contribution in [0.5, 0.6) is 0 Å². The summed E-state index contributed by atoms with van der Waals surface area (Å²) in [4.78, 5) is 9.95. The maximum absolute atomic E-state index is 9.95. The van der Waals surface area contributed by atoms with Gasteiger partial charge in [0.1, 0.15) is 12.4 Å². The lowest BCUT2D eigenvalue weighted by Crippen LogP contribution is -2.22. The number of hydrogen-bond donors (Lipinski definition) is 1. The predicted molar refractivity (Wildman–Crippen MR) is 42.4 cm³/mol. The molecular formula is C8H16O3. The topological polar surface area (TPSA) is 46.5 Å². The van der Waals surface area contributed by atoms with E-state index in [9.17, 15) is 4.79 Å². The first-order valence-corrected chi connectivity index (χ1v) is 3.73. The van der Waals surface area contributed by atoms with Gasteiger partial charge in [0.15, 0.2) is 0 Å². The molecule has 11 heavy (non-hydrogen) atoms. The molecule has 0 bridgehead atoms. The number of hydrogen-bond acceptors (Lipinski definition) is 3. The third-order valence-corrected chi connectivity index (χ3v) is 1.11. The second-order valence-electron chi connectivity index (χ2n) is 3.45. The van der Waals surface area contributed by atoms with Gasteiger partial charge in [-0.25, -0.2) is 0 Å². The van der Waals surface area contributed by atoms with E-state index >= 15 is 0 Å². The summed E-state index contributed by atoms with van der Waals surface area (Å²) in [6.07, 6.45) is 0.0182. The van der Waals surface area contributed by atoms with Gasteiger partial charge < -0.3 is 14.6 Å². The van der Waals surface area contributed by atoms with Crippen LogP contribution in [0.1, 0.15) is 27.2 Å². The first-order valence-electron chi connectivity index (χ1n) is 3.73. The van der Waals surface area contributed by atoms with Gasteiger partial charge in [-0.3, -0.25) is 0 Å². The summed E-state index contributed by atoms with van der Waals surface area (Å²) >= 11 is 0. The van der Waals surface area contributed by atoms with E-state index in [1.54, 1.807) is 0 Å². The summed E-state index contributed by atoms with van der Waals surface area (Å²) in [5, 5.41) is 8.81. The Morgan fingerprint density at radius 3 is 2.45 bits per heavy atom. The van der Waals surface area contributed by atoms with Crippen molar-refractivity contribution in [3.8, 4) is 0 Å². The zero-order chi connectivity index (χ0) is 8.91. The van der Waals surface area contributed by atoms with Crippen LogP contribution in [0.2, 0.25) is 0 Å². The average molecular weight is 160 g/mol. The molecule has 3 heteroatoms. The second-order valence-corrected chi connectivity index (χ2v) is 3.45. The van der Waals surface area contributed by atoms with E-state index in [1.807, 2.05) is 20.8 Å². The van der Waals surface area contributed by atoms with Crippen molar-refractivity contribution in [3.63, 3.8) is 0 Å². The largest absolute Gasteiger partial charge is 0.386 e. The van der Waals surface area contributed by atoms with E-state index in [2.05, 4.69) is 0 Å². The van der Waals surface area contributed by atoms with Crippen LogP contribution >= 0.6 is 0 Å². The summed E-state index contributed by atoms with van der Waals surface area (Å²) in [5.74, 6) is 0. The molecule has 0 aliphatic rings. The van der Waals surface area contributed by atoms with Crippen LogP contribution in [0.3, 0.4) is 0 Å². The molecule has 0 spiro atoms. The molecule has 0 aromatic heterocycles. The fourth-order valence-electron chi connectivity index (χ4n) is 0.554. The molecule has 1 atom stereocenters. The highest BCUT2D eigenvalue weighted by molar-refractivity contribution is 5.55. The summed E-state index contributed by atoms with van der Waals surface area (Å²) in [6, 6.07) is 0. The number of carbonyl (C=O) groups excluding carboxylic acids is 1. The Labute approximate surface area is 67.4 Å². The molecule has 0 aliphatic heterocycles. The van der Waals surface area contributed by atoms with E-state index in [-0.39, 0.29) is 5.60 Å². The minimum absolute atomic E-state index is 0.192. The van der Waals surface area contributed by atoms with E-state index in [4.69, 9.17) is 9.84 Å². The van der Waals surface area contributed by atoms with Gasteiger partial charge in [-0.2, -0.15) is 0 Å². The number of aldehydes is 1. The van der Waals surface area contributed by atoms with Crippen molar-refractivity contribution in [3.05, 3.63) is 0 Å². The Kier molecular flexibility index (Phi) is 4.30. The van der Waals surface area contributed by atoms with Crippen molar-refractivity contribution in [2.75, 3.05) is 6.61 Å². The van der Waals surface area contributed by atoms with Crippen molar-refractivity contribution < 1.29 is 14.6 Å². The molecule has 0 radical (unpaired) electrons. The molecular weight excluding hydrogens is 144 g/mol. The lowest BCUT2D eigenvalue weighted by Gasteiger charge is -2.19. The lowest BCUT2D eigenvalue weighted by atomic mass is 10.2. The van der Waals surface area contributed by atoms with Gasteiger partial charge in [0.25, 0.3) is 0 Å². The van der Waals surface area contributed by atoms with Crippen LogP contribution in [0.25, 0.3) is 0 Å². The molecule has 0 fully saturated rings. The van der Waals surface area contributed by atoms with Crippen molar-refractivity contribution in [1.29, 1.82) is 0 Å². The predicted octanol–water partition coefficient (Wildman–Crippen LogP) is 0.751. The molecule has 0 saturated carbocycles. The van der Waals surface area contributed by atoms with Gasteiger partial charge in [-0.05, 0) is 20.8 Å². The van der Waals surface area contributed by atoms with Gasteiger partial charge in [-0.1, -0.05) is 0 Å². The van der Waals surface area contributed by atoms with Crippen LogP contribution in [-0.2, 0) is 9.53 Å². The van der Waals surface area contributed by atoms with Crippen LogP contribution in [0.4, 0.5) is 0 Å². The first kappa shape index (κ1) is 10.6. The molecule has 0 rings (SSSR count). The Morgan fingerprint density at radius 1 is 1.55 bits per heavy atom. The number of carbonyl (C=O) groups is 1. The zero-order valence-corrected chi connectivity index (χ0v) is 7.33. The monoisotopic (exact) mass is 160 g/mol. The Morgan fingerprint density at radius 2 is 2.09 bits per heavy atom. The van der Waals surface area contributed by atoms with Crippen molar-refractivity contribution in [2.24, 2.45) is 0 Å². The van der Waals surface area contributed by atoms with Gasteiger partial charge in [0.05, 0.1) is 12.2 Å². The fraction of sp³-hybridized carbons (Fsp3) is 0.875. The van der Waals surface area contributed by atoms with E-state index in [0.29, 0.717) is 19.3 Å². The molecule has 0 aromatic rings. The standard InChI is InChI=1S/C8H16O3/c1-8(2,3)11-5-4-7(10)6-9/h6-7,10H,4-5H2,1-3H3. The highest BCUT2D eigenvalue weighted by Crippen LogP contribution is 2.07. The lowest BCUT2D eigenvalue weighted by molar-refractivity contribution is -0.116. The summed E-state index contributed by atoms with van der Waals surface area (Å²) in [6.45, 7) is 6.21. The fourth-order valence-corrected chi connectivity index (χ4v) is 0.554. The van der Waals surface area contributed by atoms with E-state index in [0.717, 1.165) is 0 Å². The maximum Gasteiger partial charge on any atom is 0.148 e. The highest BCUT2D eigenvalue weighted by Gasteiger charge is 2.10. The Balaban J connectivity index is 3.35. The van der Waals surface area contributed by atoms with Gasteiger partial charge >= 0.3 is 0 Å². The molecule has 66 valence electrons. The molecule has 0 heterocycles. The second kappa shape index (κ2) is 4.46. The number of aliphatic hydroxyl groups excluding tert-OH is 1. The Bertz CT molecular complexity index is 115. The molecule has 3 nitrogen and oxygen atoms in total. The van der Waals surface area contributed by atoms with E-state index in [1.165, 1.54) is 0 Å². The van der Waals surface area contributed by atoms with Crippen LogP contribution in [0, 0.1) is 0 Å². The molecule has 1 unspecified atom stereocenters. The van der Waals surface area contributed by atoms with E-state index < -0.39 is 6.10 Å². The van der Waals surface area contributed by atoms with Gasteiger partial charge in [-0.15, -0.1) is 0 Å². The minimum atomic E-state index is -0.877. The highest BCUT2D eigenvalue weighted by atomic mass is 16.5. The summed E-state index contributed by atoms with van der Waals surface area (Å²) in [5.41, 5.74) is -0.192. The van der Waals surface area contributed by atoms with Gasteiger partial charge in [0, 0.05) is 6.42 Å². The van der Waals surface area contributed by atoms with Gasteiger partial charge in [0.2, 0.25) is 0 Å². The smallest absolute Gasteiger partial charge is 0.148 e. The number of ether oxygens (including phenoxy) is 1. The average Bonchev–Trinajstić information content (AvgIpc) is 1.85. The normalized spacial score (nSPS) is 14.5. The molecule has 0 aromatic carbocycles. The van der Waals surface area contributed by atoms with Crippen molar-refractivity contribution in [1.82, 2.24) is 0 Å². The van der Waals surface area contributed by atoms with Crippen LogP contribution in [-0.4, -0.2) is 29.7 Å². The number of rotatable bonds is 4. The third kappa shape index (κ3) is 7.49. The van der Waals surface area contributed by atoms with Crippen LogP contribution < -0.4 is 0 Å². The first-order chi connectivity index (χ1) is 4.95. The molecule has 0 saturated heterocycles. The summed E-state index contributed by atoms with van der Waals surface area (Å²) in [7, 11) is 0. The number of aliphatic hydroxyl groups is 1. The maximum atomic E-state index is 9.95. The Hall–Kier alpha value is -0.410.